The minimum absolute atomic E-state index is 0.0975. The third-order valence-electron chi connectivity index (χ3n) is 4.89. The first-order valence-electron chi connectivity index (χ1n) is 8.97. The Hall–Kier alpha value is -2.05. The van der Waals surface area contributed by atoms with Crippen molar-refractivity contribution in [2.24, 2.45) is 7.05 Å². The van der Waals surface area contributed by atoms with Crippen molar-refractivity contribution in [1.29, 1.82) is 0 Å². The molecule has 1 aromatic heterocycles. The molecule has 29 heavy (non-hydrogen) atoms. The Kier molecular flexibility index (Phi) is 6.54. The summed E-state index contributed by atoms with van der Waals surface area (Å²) in [7, 11) is 1.29. The minimum Gasteiger partial charge on any atom is -0.390 e. The van der Waals surface area contributed by atoms with Crippen LogP contribution in [-0.2, 0) is 7.05 Å². The van der Waals surface area contributed by atoms with Crippen molar-refractivity contribution in [1.82, 2.24) is 9.88 Å². The van der Waals surface area contributed by atoms with Crippen LogP contribution in [0.3, 0.4) is 0 Å². The number of aromatic nitrogens is 1. The number of aryl methyl sites for hydroxylation is 1. The van der Waals surface area contributed by atoms with Gasteiger partial charge in [0.1, 0.15) is 5.82 Å². The van der Waals surface area contributed by atoms with Crippen molar-refractivity contribution in [2.75, 3.05) is 5.32 Å². The Morgan fingerprint density at radius 3 is 2.69 bits per heavy atom. The van der Waals surface area contributed by atoms with Gasteiger partial charge in [-0.15, -0.1) is 0 Å². The summed E-state index contributed by atoms with van der Waals surface area (Å²) in [6, 6.07) is 3.46. The Morgan fingerprint density at radius 1 is 1.28 bits per heavy atom. The number of carbonyl (C=O) groups is 1. The number of halogens is 3. The van der Waals surface area contributed by atoms with Gasteiger partial charge < -0.3 is 25.4 Å². The summed E-state index contributed by atoms with van der Waals surface area (Å²) in [6.07, 6.45) is 0.469. The molecular formula is C19H20F2IN3O4. The Balaban J connectivity index is 1.97. The van der Waals surface area contributed by atoms with E-state index in [1.807, 2.05) is 22.6 Å². The summed E-state index contributed by atoms with van der Waals surface area (Å²) < 4.78 is 30.5. The fraction of sp³-hybridized carbons (Fsp3) is 0.368. The van der Waals surface area contributed by atoms with Crippen LogP contribution in [-0.4, -0.2) is 38.9 Å². The van der Waals surface area contributed by atoms with E-state index in [1.54, 1.807) is 6.07 Å². The zero-order valence-corrected chi connectivity index (χ0v) is 17.6. The number of benzene rings is 1. The number of nitrogens with zero attached hydrogens (tertiary/aromatic N) is 1. The quantitative estimate of drug-likeness (QED) is 0.463. The van der Waals surface area contributed by atoms with Crippen LogP contribution in [0.5, 0.6) is 0 Å². The van der Waals surface area contributed by atoms with Crippen LogP contribution < -0.4 is 16.2 Å². The van der Waals surface area contributed by atoms with Crippen LogP contribution in [0.2, 0.25) is 0 Å². The van der Waals surface area contributed by atoms with Crippen molar-refractivity contribution in [2.45, 2.75) is 37.5 Å². The fourth-order valence-corrected chi connectivity index (χ4v) is 3.73. The monoisotopic (exact) mass is 519 g/mol. The molecule has 7 nitrogen and oxygen atoms in total. The lowest BCUT2D eigenvalue weighted by Gasteiger charge is -2.32. The van der Waals surface area contributed by atoms with E-state index in [1.165, 1.54) is 19.2 Å². The number of aliphatic hydroxyl groups is 2. The van der Waals surface area contributed by atoms with Crippen molar-refractivity contribution >= 4 is 39.9 Å². The van der Waals surface area contributed by atoms with Crippen molar-refractivity contribution in [3.05, 3.63) is 55.5 Å². The van der Waals surface area contributed by atoms with E-state index in [0.29, 0.717) is 22.8 Å². The normalized spacial score (nSPS) is 21.7. The van der Waals surface area contributed by atoms with Gasteiger partial charge in [-0.3, -0.25) is 9.59 Å². The number of carbonyl (C=O) groups excluding carboxylic acids is 1. The lowest BCUT2D eigenvalue weighted by atomic mass is 9.90. The molecule has 4 N–H and O–H groups in total. The van der Waals surface area contributed by atoms with E-state index in [2.05, 4.69) is 10.6 Å². The highest BCUT2D eigenvalue weighted by atomic mass is 127. The SMILES string of the molecule is Cn1cc(C(=O)NC2CCCC(O)C2O)c(Nc2ccc(I)cc2F)c(F)c1=O. The van der Waals surface area contributed by atoms with E-state index >= 15 is 0 Å². The first-order valence-corrected chi connectivity index (χ1v) is 10.0. The van der Waals surface area contributed by atoms with Gasteiger partial charge in [-0.05, 0) is 60.1 Å². The van der Waals surface area contributed by atoms with Gasteiger partial charge in [0.2, 0.25) is 5.82 Å². The topological polar surface area (TPSA) is 104 Å². The maximum absolute atomic E-state index is 14.7. The summed E-state index contributed by atoms with van der Waals surface area (Å²) >= 11 is 1.92. The number of hydrogen-bond acceptors (Lipinski definition) is 5. The lowest BCUT2D eigenvalue weighted by molar-refractivity contribution is -0.0278. The van der Waals surface area contributed by atoms with E-state index in [-0.39, 0.29) is 11.3 Å². The fourth-order valence-electron chi connectivity index (χ4n) is 3.28. The van der Waals surface area contributed by atoms with E-state index in [4.69, 9.17) is 0 Å². The second kappa shape index (κ2) is 8.76. The van der Waals surface area contributed by atoms with E-state index < -0.39 is 47.0 Å². The molecular weight excluding hydrogens is 499 g/mol. The molecule has 1 aromatic carbocycles. The molecule has 1 aliphatic rings. The molecule has 156 valence electrons. The maximum atomic E-state index is 14.7. The molecule has 1 aliphatic carbocycles. The highest BCUT2D eigenvalue weighted by molar-refractivity contribution is 14.1. The third-order valence-corrected chi connectivity index (χ3v) is 5.56. The molecule has 2 aromatic rings. The molecule has 0 spiro atoms. The first kappa shape index (κ1) is 21.7. The third kappa shape index (κ3) is 4.59. The van der Waals surface area contributed by atoms with Crippen LogP contribution >= 0.6 is 22.6 Å². The average molecular weight is 519 g/mol. The van der Waals surface area contributed by atoms with Crippen molar-refractivity contribution in [3.63, 3.8) is 0 Å². The highest BCUT2D eigenvalue weighted by Crippen LogP contribution is 2.26. The Bertz CT molecular complexity index is 998. The molecule has 1 saturated carbocycles. The molecule has 1 fully saturated rings. The molecule has 10 heteroatoms. The molecule has 1 amide bonds. The number of rotatable bonds is 4. The van der Waals surface area contributed by atoms with E-state index in [0.717, 1.165) is 10.8 Å². The van der Waals surface area contributed by atoms with Crippen LogP contribution in [0, 0.1) is 15.2 Å². The lowest BCUT2D eigenvalue weighted by Crippen LogP contribution is -2.51. The van der Waals surface area contributed by atoms with Crippen LogP contribution in [0.25, 0.3) is 0 Å². The van der Waals surface area contributed by atoms with Crippen molar-refractivity contribution < 1.29 is 23.8 Å². The van der Waals surface area contributed by atoms with Gasteiger partial charge in [-0.1, -0.05) is 0 Å². The molecule has 3 unspecified atom stereocenters. The molecule has 3 atom stereocenters. The minimum atomic E-state index is -1.23. The van der Waals surface area contributed by atoms with Crippen molar-refractivity contribution in [3.8, 4) is 0 Å². The molecule has 0 bridgehead atoms. The standard InChI is InChI=1S/C19H20F2IN3O4/c1-25-8-10(18(28)24-13-3-2-4-14(26)17(13)27)16(15(21)19(25)29)23-12-6-5-9(22)7-11(12)20/h5-8,13-14,17,23,26-27H,2-4H2,1H3,(H,24,28). The predicted octanol–water partition coefficient (Wildman–Crippen LogP) is 2.02. The summed E-state index contributed by atoms with van der Waals surface area (Å²) in [6.45, 7) is 0. The van der Waals surface area contributed by atoms with Gasteiger partial charge in [0, 0.05) is 16.8 Å². The number of aliphatic hydroxyl groups excluding tert-OH is 2. The first-order chi connectivity index (χ1) is 13.7. The van der Waals surface area contributed by atoms with Crippen LogP contribution in [0.1, 0.15) is 29.6 Å². The zero-order chi connectivity index (χ0) is 21.3. The number of nitrogens with one attached hydrogen (secondary N) is 2. The van der Waals surface area contributed by atoms with Gasteiger partial charge in [0.25, 0.3) is 11.5 Å². The smallest absolute Gasteiger partial charge is 0.288 e. The highest BCUT2D eigenvalue weighted by Gasteiger charge is 2.32. The van der Waals surface area contributed by atoms with Gasteiger partial charge in [0.05, 0.1) is 35.2 Å². The summed E-state index contributed by atoms with van der Waals surface area (Å²) in [5.41, 5.74) is -1.77. The zero-order valence-electron chi connectivity index (χ0n) is 15.5. The van der Waals surface area contributed by atoms with Crippen LogP contribution in [0.4, 0.5) is 20.2 Å². The molecule has 1 heterocycles. The largest absolute Gasteiger partial charge is 0.390 e. The maximum Gasteiger partial charge on any atom is 0.288 e. The average Bonchev–Trinajstić information content (AvgIpc) is 2.67. The number of pyridine rings is 1. The van der Waals surface area contributed by atoms with Gasteiger partial charge in [0.15, 0.2) is 0 Å². The summed E-state index contributed by atoms with van der Waals surface area (Å²) in [5, 5.41) is 25.0. The van der Waals surface area contributed by atoms with E-state index in [9.17, 15) is 28.6 Å². The molecule has 0 saturated heterocycles. The number of amides is 1. The predicted molar refractivity (Wildman–Crippen MR) is 111 cm³/mol. The van der Waals surface area contributed by atoms with Gasteiger partial charge in [-0.2, -0.15) is 4.39 Å². The summed E-state index contributed by atoms with van der Waals surface area (Å²) in [4.78, 5) is 24.8. The Labute approximate surface area is 178 Å². The van der Waals surface area contributed by atoms with Gasteiger partial charge in [-0.25, -0.2) is 4.39 Å². The number of anilines is 2. The molecule has 0 radical (unpaired) electrons. The second-order valence-electron chi connectivity index (χ2n) is 6.97. The second-order valence-corrected chi connectivity index (χ2v) is 8.21. The number of hydrogen-bond donors (Lipinski definition) is 4. The van der Waals surface area contributed by atoms with Crippen LogP contribution in [0.15, 0.2) is 29.2 Å². The molecule has 3 rings (SSSR count). The van der Waals surface area contributed by atoms with Gasteiger partial charge >= 0.3 is 0 Å². The summed E-state index contributed by atoms with van der Waals surface area (Å²) in [5.74, 6) is -2.66. The molecule has 0 aliphatic heterocycles. The Morgan fingerprint density at radius 2 is 2.00 bits per heavy atom.